The van der Waals surface area contributed by atoms with E-state index in [1.54, 1.807) is 0 Å². The molecule has 0 N–H and O–H groups in total. The van der Waals surface area contributed by atoms with Crippen LogP contribution in [-0.4, -0.2) is 74.0 Å². The molecule has 0 unspecified atom stereocenters. The Morgan fingerprint density at radius 1 is 1.07 bits per heavy atom. The van der Waals surface area contributed by atoms with E-state index >= 15 is 0 Å². The van der Waals surface area contributed by atoms with Crippen LogP contribution < -0.4 is 4.74 Å². The molecule has 4 rings (SSSR count). The highest BCUT2D eigenvalue weighted by molar-refractivity contribution is 7.00. The van der Waals surface area contributed by atoms with Crippen LogP contribution in [0.5, 0.6) is 5.88 Å². The quantitative estimate of drug-likeness (QED) is 0.661. The molecule has 0 bridgehead atoms. The minimum Gasteiger partial charge on any atom is -0.475 e. The molecule has 27 heavy (non-hydrogen) atoms. The van der Waals surface area contributed by atoms with E-state index in [0.29, 0.717) is 31.1 Å². The van der Waals surface area contributed by atoms with Crippen LogP contribution in [0.3, 0.4) is 0 Å². The molecule has 1 saturated heterocycles. The number of fused-ring (bicyclic) bond motifs is 1. The first-order chi connectivity index (χ1) is 13.2. The Balaban J connectivity index is 1.25. The van der Waals surface area contributed by atoms with Gasteiger partial charge in [-0.25, -0.2) is 0 Å². The monoisotopic (exact) mass is 384 g/mol. The maximum atomic E-state index is 12.7. The number of carbonyl (C=O) groups excluding carboxylic acids is 1. The molecule has 1 amide bonds. The Morgan fingerprint density at radius 3 is 2.67 bits per heavy atom. The molecule has 0 spiro atoms. The molecule has 1 aliphatic heterocycles. The lowest BCUT2D eigenvalue weighted by atomic mass is 10.1. The van der Waals surface area contributed by atoms with Gasteiger partial charge in [0.1, 0.15) is 17.6 Å². The molecular weight excluding hydrogens is 364 g/mol. The Bertz CT molecular complexity index is 921. The topological polar surface area (TPSA) is 84.3 Å². The number of nitrogens with zero attached hydrogens (tertiary/aromatic N) is 6. The number of rotatable bonds is 5. The van der Waals surface area contributed by atoms with Gasteiger partial charge in [0, 0.05) is 44.4 Å². The predicted octanol–water partition coefficient (Wildman–Crippen LogP) is 1.63. The van der Waals surface area contributed by atoms with Crippen LogP contribution in [0.4, 0.5) is 0 Å². The lowest BCUT2D eigenvalue weighted by molar-refractivity contribution is 0.0619. The molecule has 3 aromatic rings. The molecule has 1 fully saturated rings. The molecule has 0 saturated carbocycles. The standard InChI is InChI=1S/C18H20N6O2S/c1-13-2-5-17(20-19-13)26-11-10-23-6-8-24(9-7-23)18(25)14-3-4-15-16(12-14)22-27-21-15/h2-5,12H,6-11H2,1H3. The Kier molecular flexibility index (Phi) is 5.21. The fourth-order valence-electron chi connectivity index (χ4n) is 3.02. The zero-order valence-corrected chi connectivity index (χ0v) is 15.9. The van der Waals surface area contributed by atoms with Crippen molar-refractivity contribution in [1.29, 1.82) is 0 Å². The van der Waals surface area contributed by atoms with Crippen molar-refractivity contribution in [3.8, 4) is 5.88 Å². The number of carbonyl (C=O) groups is 1. The summed E-state index contributed by atoms with van der Waals surface area (Å²) in [5.41, 5.74) is 3.15. The van der Waals surface area contributed by atoms with Crippen molar-refractivity contribution in [3.05, 3.63) is 41.6 Å². The number of hydrogen-bond acceptors (Lipinski definition) is 8. The number of hydrogen-bond donors (Lipinski definition) is 0. The minimum absolute atomic E-state index is 0.0516. The van der Waals surface area contributed by atoms with E-state index in [4.69, 9.17) is 4.74 Å². The number of amides is 1. The molecule has 8 nitrogen and oxygen atoms in total. The summed E-state index contributed by atoms with van der Waals surface area (Å²) in [6, 6.07) is 9.21. The van der Waals surface area contributed by atoms with Crippen molar-refractivity contribution in [2.24, 2.45) is 0 Å². The van der Waals surface area contributed by atoms with Crippen LogP contribution in [0.15, 0.2) is 30.3 Å². The normalized spacial score (nSPS) is 15.2. The van der Waals surface area contributed by atoms with E-state index in [-0.39, 0.29) is 5.91 Å². The number of ether oxygens (including phenoxy) is 1. The summed E-state index contributed by atoms with van der Waals surface area (Å²) >= 11 is 1.16. The largest absolute Gasteiger partial charge is 0.475 e. The maximum Gasteiger partial charge on any atom is 0.254 e. The summed E-state index contributed by atoms with van der Waals surface area (Å²) < 4.78 is 14.0. The summed E-state index contributed by atoms with van der Waals surface area (Å²) in [5, 5.41) is 7.97. The summed E-state index contributed by atoms with van der Waals surface area (Å²) in [6.45, 7) is 6.31. The average Bonchev–Trinajstić information content (AvgIpc) is 3.17. The SMILES string of the molecule is Cc1ccc(OCCN2CCN(C(=O)c3ccc4nsnc4c3)CC2)nn1. The molecule has 0 atom stereocenters. The molecule has 140 valence electrons. The van der Waals surface area contributed by atoms with Crippen molar-refractivity contribution in [1.82, 2.24) is 28.7 Å². The van der Waals surface area contributed by atoms with E-state index in [1.807, 2.05) is 42.2 Å². The number of aryl methyl sites for hydroxylation is 1. The number of benzene rings is 1. The van der Waals surface area contributed by atoms with Gasteiger partial charge in [0.2, 0.25) is 5.88 Å². The van der Waals surface area contributed by atoms with Crippen LogP contribution in [0.1, 0.15) is 16.1 Å². The van der Waals surface area contributed by atoms with Crippen molar-refractivity contribution in [2.75, 3.05) is 39.3 Å². The first kappa shape index (κ1) is 17.7. The first-order valence-corrected chi connectivity index (χ1v) is 9.59. The predicted molar refractivity (Wildman–Crippen MR) is 102 cm³/mol. The summed E-state index contributed by atoms with van der Waals surface area (Å²) in [5.74, 6) is 0.595. The van der Waals surface area contributed by atoms with Gasteiger partial charge < -0.3 is 9.64 Å². The van der Waals surface area contributed by atoms with Gasteiger partial charge >= 0.3 is 0 Å². The van der Waals surface area contributed by atoms with Crippen LogP contribution in [0.2, 0.25) is 0 Å². The molecule has 1 aromatic carbocycles. The molecule has 1 aliphatic rings. The molecule has 2 aromatic heterocycles. The van der Waals surface area contributed by atoms with Gasteiger partial charge in [-0.15, -0.1) is 5.10 Å². The average molecular weight is 384 g/mol. The molecule has 9 heteroatoms. The number of piperazine rings is 1. The van der Waals surface area contributed by atoms with Crippen molar-refractivity contribution < 1.29 is 9.53 Å². The highest BCUT2D eigenvalue weighted by atomic mass is 32.1. The molecular formula is C18H20N6O2S. The second-order valence-electron chi connectivity index (χ2n) is 6.46. The Labute approximate surface area is 161 Å². The summed E-state index contributed by atoms with van der Waals surface area (Å²) in [6.07, 6.45) is 0. The van der Waals surface area contributed by atoms with Gasteiger partial charge in [-0.05, 0) is 31.2 Å². The van der Waals surface area contributed by atoms with Crippen molar-refractivity contribution in [3.63, 3.8) is 0 Å². The minimum atomic E-state index is 0.0516. The van der Waals surface area contributed by atoms with Gasteiger partial charge in [0.15, 0.2) is 0 Å². The third-order valence-electron chi connectivity index (χ3n) is 4.59. The van der Waals surface area contributed by atoms with Gasteiger partial charge in [-0.2, -0.15) is 13.8 Å². The first-order valence-electron chi connectivity index (χ1n) is 8.86. The van der Waals surface area contributed by atoms with Crippen LogP contribution in [-0.2, 0) is 0 Å². The van der Waals surface area contributed by atoms with E-state index < -0.39 is 0 Å². The lowest BCUT2D eigenvalue weighted by Crippen LogP contribution is -2.49. The van der Waals surface area contributed by atoms with Gasteiger partial charge in [-0.3, -0.25) is 9.69 Å². The fraction of sp³-hybridized carbons (Fsp3) is 0.389. The highest BCUT2D eigenvalue weighted by Gasteiger charge is 2.22. The third kappa shape index (κ3) is 4.20. The van der Waals surface area contributed by atoms with E-state index in [2.05, 4.69) is 23.8 Å². The highest BCUT2D eigenvalue weighted by Crippen LogP contribution is 2.16. The van der Waals surface area contributed by atoms with Gasteiger partial charge in [0.05, 0.1) is 17.4 Å². The van der Waals surface area contributed by atoms with Gasteiger partial charge in [-0.1, -0.05) is 0 Å². The van der Waals surface area contributed by atoms with Crippen molar-refractivity contribution >= 4 is 28.7 Å². The third-order valence-corrected chi connectivity index (χ3v) is 5.15. The second kappa shape index (κ2) is 7.93. The maximum absolute atomic E-state index is 12.7. The Hall–Kier alpha value is -2.65. The lowest BCUT2D eigenvalue weighted by Gasteiger charge is -2.34. The van der Waals surface area contributed by atoms with E-state index in [9.17, 15) is 4.79 Å². The summed E-state index contributed by atoms with van der Waals surface area (Å²) in [4.78, 5) is 16.9. The summed E-state index contributed by atoms with van der Waals surface area (Å²) in [7, 11) is 0. The zero-order valence-electron chi connectivity index (χ0n) is 15.0. The second-order valence-corrected chi connectivity index (χ2v) is 6.99. The molecule has 0 aliphatic carbocycles. The Morgan fingerprint density at radius 2 is 1.89 bits per heavy atom. The van der Waals surface area contributed by atoms with E-state index in [1.165, 1.54) is 0 Å². The van der Waals surface area contributed by atoms with E-state index in [0.717, 1.165) is 48.1 Å². The molecule has 0 radical (unpaired) electrons. The number of aromatic nitrogens is 4. The van der Waals surface area contributed by atoms with Crippen LogP contribution >= 0.6 is 11.7 Å². The van der Waals surface area contributed by atoms with Gasteiger partial charge in [0.25, 0.3) is 5.91 Å². The zero-order chi connectivity index (χ0) is 18.6. The van der Waals surface area contributed by atoms with Crippen LogP contribution in [0, 0.1) is 6.92 Å². The molecule has 3 heterocycles. The smallest absolute Gasteiger partial charge is 0.254 e. The van der Waals surface area contributed by atoms with Crippen LogP contribution in [0.25, 0.3) is 11.0 Å². The fourth-order valence-corrected chi connectivity index (χ4v) is 3.53. The van der Waals surface area contributed by atoms with Crippen molar-refractivity contribution in [2.45, 2.75) is 6.92 Å².